The minimum atomic E-state index is -0.871. The highest BCUT2D eigenvalue weighted by Crippen LogP contribution is 2.37. The summed E-state index contributed by atoms with van der Waals surface area (Å²) in [6.07, 6.45) is 4.28. The maximum Gasteiger partial charge on any atom is 0.407 e. The van der Waals surface area contributed by atoms with Gasteiger partial charge in [0.05, 0.1) is 17.9 Å². The lowest BCUT2D eigenvalue weighted by Gasteiger charge is -2.38. The number of anilines is 2. The van der Waals surface area contributed by atoms with E-state index in [4.69, 9.17) is 4.98 Å². The number of nitrogens with one attached hydrogen (secondary N) is 1. The standard InChI is InChI=1S/C24H29F2N7O2/c1-16-15-30(11-12-31(16)24(34)35)10-7-27-20-14-28-33-9-6-22(29-23(20)33)32-8-2-3-21(32)18-13-17(25)4-5-19(18)26/h4-6,9,13-14,16,21,27H,2-3,7-8,10-12,15H2,1H3,(H,34,35)/t16-,21+/m0/s1. The van der Waals surface area contributed by atoms with Crippen LogP contribution in [-0.4, -0.2) is 80.9 Å². The lowest BCUT2D eigenvalue weighted by Crippen LogP contribution is -2.54. The van der Waals surface area contributed by atoms with E-state index >= 15 is 0 Å². The van der Waals surface area contributed by atoms with Crippen molar-refractivity contribution in [3.8, 4) is 0 Å². The molecule has 9 nitrogen and oxygen atoms in total. The van der Waals surface area contributed by atoms with Gasteiger partial charge < -0.3 is 20.2 Å². The Morgan fingerprint density at radius 2 is 2.09 bits per heavy atom. The first-order chi connectivity index (χ1) is 16.9. The van der Waals surface area contributed by atoms with Crippen LogP contribution >= 0.6 is 0 Å². The normalized spacial score (nSPS) is 21.1. The number of hydrogen-bond donors (Lipinski definition) is 2. The van der Waals surface area contributed by atoms with Gasteiger partial charge in [0.2, 0.25) is 0 Å². The average molecular weight is 486 g/mol. The molecule has 2 fully saturated rings. The topological polar surface area (TPSA) is 89.2 Å². The van der Waals surface area contributed by atoms with Crippen LogP contribution in [0.3, 0.4) is 0 Å². The first kappa shape index (κ1) is 23.3. The van der Waals surface area contributed by atoms with Gasteiger partial charge in [0.15, 0.2) is 5.65 Å². The number of carboxylic acid groups (broad SMARTS) is 1. The highest BCUT2D eigenvalue weighted by Gasteiger charge is 2.30. The van der Waals surface area contributed by atoms with E-state index in [1.807, 2.05) is 24.1 Å². The highest BCUT2D eigenvalue weighted by atomic mass is 19.1. The number of rotatable bonds is 6. The number of benzene rings is 1. The molecular formula is C24H29F2N7O2. The van der Waals surface area contributed by atoms with Crippen LogP contribution in [-0.2, 0) is 0 Å². The maximum absolute atomic E-state index is 14.5. The Bertz CT molecular complexity index is 1220. The molecule has 35 heavy (non-hydrogen) atoms. The summed E-state index contributed by atoms with van der Waals surface area (Å²) in [5.41, 5.74) is 1.81. The Kier molecular flexibility index (Phi) is 6.42. The molecule has 2 aliphatic rings. The predicted octanol–water partition coefficient (Wildman–Crippen LogP) is 3.45. The SMILES string of the molecule is C[C@H]1CN(CCNc2cnn3ccc(N4CCC[C@@H]4c4cc(F)ccc4F)nc23)CCN1C(=O)O. The van der Waals surface area contributed by atoms with E-state index in [2.05, 4.69) is 15.3 Å². The Balaban J connectivity index is 1.28. The van der Waals surface area contributed by atoms with Gasteiger partial charge in [-0.2, -0.15) is 5.10 Å². The second kappa shape index (κ2) is 9.65. The zero-order chi connectivity index (χ0) is 24.5. The number of piperazine rings is 1. The molecule has 2 N–H and O–H groups in total. The predicted molar refractivity (Wildman–Crippen MR) is 128 cm³/mol. The largest absolute Gasteiger partial charge is 0.465 e. The van der Waals surface area contributed by atoms with E-state index < -0.39 is 17.7 Å². The van der Waals surface area contributed by atoms with Crippen molar-refractivity contribution in [2.24, 2.45) is 0 Å². The zero-order valence-corrected chi connectivity index (χ0v) is 19.6. The van der Waals surface area contributed by atoms with Crippen LogP contribution in [0, 0.1) is 11.6 Å². The summed E-state index contributed by atoms with van der Waals surface area (Å²) in [7, 11) is 0. The Morgan fingerprint density at radius 1 is 1.23 bits per heavy atom. The second-order valence-corrected chi connectivity index (χ2v) is 9.18. The van der Waals surface area contributed by atoms with Crippen molar-refractivity contribution in [2.45, 2.75) is 31.8 Å². The van der Waals surface area contributed by atoms with Crippen molar-refractivity contribution in [3.05, 3.63) is 53.9 Å². The van der Waals surface area contributed by atoms with Gasteiger partial charge in [-0.05, 0) is 44.0 Å². The van der Waals surface area contributed by atoms with Gasteiger partial charge in [0, 0.05) is 57.1 Å². The molecule has 0 saturated carbocycles. The van der Waals surface area contributed by atoms with Gasteiger partial charge in [0.1, 0.15) is 17.5 Å². The zero-order valence-electron chi connectivity index (χ0n) is 19.6. The van der Waals surface area contributed by atoms with Gasteiger partial charge in [-0.1, -0.05) is 0 Å². The minimum Gasteiger partial charge on any atom is -0.465 e. The fraction of sp³-hybridized carbons (Fsp3) is 0.458. The van der Waals surface area contributed by atoms with Gasteiger partial charge in [-0.15, -0.1) is 0 Å². The maximum atomic E-state index is 14.5. The number of hydrogen-bond acceptors (Lipinski definition) is 6. The third kappa shape index (κ3) is 4.72. The van der Waals surface area contributed by atoms with Gasteiger partial charge in [0.25, 0.3) is 0 Å². The molecule has 2 aliphatic heterocycles. The van der Waals surface area contributed by atoms with Crippen LogP contribution in [0.15, 0.2) is 36.7 Å². The molecule has 0 bridgehead atoms. The van der Waals surface area contributed by atoms with Crippen LogP contribution in [0.4, 0.5) is 25.1 Å². The molecule has 186 valence electrons. The quantitative estimate of drug-likeness (QED) is 0.553. The first-order valence-electron chi connectivity index (χ1n) is 11.9. The van der Waals surface area contributed by atoms with Gasteiger partial charge in [-0.3, -0.25) is 4.90 Å². The monoisotopic (exact) mass is 485 g/mol. The van der Waals surface area contributed by atoms with Crippen LogP contribution in [0.1, 0.15) is 31.4 Å². The average Bonchev–Trinajstić information content (AvgIpc) is 3.47. The molecule has 1 amide bonds. The van der Waals surface area contributed by atoms with Crippen LogP contribution in [0.2, 0.25) is 0 Å². The Hall–Kier alpha value is -3.47. The molecule has 2 aromatic heterocycles. The summed E-state index contributed by atoms with van der Waals surface area (Å²) in [5, 5.41) is 17.0. The Morgan fingerprint density at radius 3 is 2.89 bits per heavy atom. The summed E-state index contributed by atoms with van der Waals surface area (Å²) >= 11 is 0. The van der Waals surface area contributed by atoms with Crippen molar-refractivity contribution in [3.63, 3.8) is 0 Å². The van der Waals surface area contributed by atoms with Crippen molar-refractivity contribution in [1.29, 1.82) is 0 Å². The van der Waals surface area contributed by atoms with Crippen LogP contribution < -0.4 is 10.2 Å². The van der Waals surface area contributed by atoms with E-state index in [1.165, 1.54) is 17.0 Å². The third-order valence-corrected chi connectivity index (χ3v) is 6.92. The molecule has 0 radical (unpaired) electrons. The number of aromatic nitrogens is 3. The summed E-state index contributed by atoms with van der Waals surface area (Å²) in [6, 6.07) is 5.13. The second-order valence-electron chi connectivity index (χ2n) is 9.18. The molecule has 5 rings (SSSR count). The summed E-state index contributed by atoms with van der Waals surface area (Å²) < 4.78 is 30.0. The van der Waals surface area contributed by atoms with Crippen LogP contribution in [0.5, 0.6) is 0 Å². The third-order valence-electron chi connectivity index (χ3n) is 6.92. The molecule has 0 unspecified atom stereocenters. The van der Waals surface area contributed by atoms with Gasteiger partial charge in [-0.25, -0.2) is 23.1 Å². The number of nitrogens with zero attached hydrogens (tertiary/aromatic N) is 6. The number of amides is 1. The Labute approximate surface area is 201 Å². The molecule has 11 heteroatoms. The smallest absolute Gasteiger partial charge is 0.407 e. The van der Waals surface area contributed by atoms with E-state index in [1.54, 1.807) is 10.7 Å². The van der Waals surface area contributed by atoms with Crippen molar-refractivity contribution in [2.75, 3.05) is 49.5 Å². The van der Waals surface area contributed by atoms with Crippen molar-refractivity contribution >= 4 is 23.2 Å². The minimum absolute atomic E-state index is 0.0428. The lowest BCUT2D eigenvalue weighted by atomic mass is 10.0. The summed E-state index contributed by atoms with van der Waals surface area (Å²) in [5.74, 6) is -0.155. The highest BCUT2D eigenvalue weighted by molar-refractivity contribution is 5.68. The van der Waals surface area contributed by atoms with Crippen molar-refractivity contribution in [1.82, 2.24) is 24.4 Å². The molecule has 3 aromatic rings. The summed E-state index contributed by atoms with van der Waals surface area (Å²) in [4.78, 5) is 21.8. The van der Waals surface area contributed by atoms with E-state index in [-0.39, 0.29) is 12.1 Å². The van der Waals surface area contributed by atoms with Gasteiger partial charge >= 0.3 is 6.09 Å². The van der Waals surface area contributed by atoms with E-state index in [9.17, 15) is 18.7 Å². The molecule has 1 aromatic carbocycles. The molecule has 0 spiro atoms. The molecule has 0 aliphatic carbocycles. The summed E-state index contributed by atoms with van der Waals surface area (Å²) in [6.45, 7) is 5.95. The first-order valence-corrected chi connectivity index (χ1v) is 11.9. The number of fused-ring (bicyclic) bond motifs is 1. The molecular weight excluding hydrogens is 456 g/mol. The van der Waals surface area contributed by atoms with Crippen LogP contribution in [0.25, 0.3) is 5.65 Å². The molecule has 2 atom stereocenters. The fourth-order valence-corrected chi connectivity index (χ4v) is 5.15. The number of carbonyl (C=O) groups is 1. The molecule has 2 saturated heterocycles. The molecule has 4 heterocycles. The van der Waals surface area contributed by atoms with E-state index in [0.29, 0.717) is 49.8 Å². The number of halogens is 2. The lowest BCUT2D eigenvalue weighted by molar-refractivity contribution is 0.0759. The fourth-order valence-electron chi connectivity index (χ4n) is 5.15. The van der Waals surface area contributed by atoms with Crippen molar-refractivity contribution < 1.29 is 18.7 Å². The van der Waals surface area contributed by atoms with E-state index in [0.717, 1.165) is 31.1 Å².